The number of nitrogens with zero attached hydrogens (tertiary/aromatic N) is 1. The third-order valence-electron chi connectivity index (χ3n) is 3.09. The van der Waals surface area contributed by atoms with E-state index >= 15 is 0 Å². The number of carboxylic acid groups (broad SMARTS) is 1. The van der Waals surface area contributed by atoms with E-state index in [1.165, 1.54) is 12.8 Å². The summed E-state index contributed by atoms with van der Waals surface area (Å²) in [6.07, 6.45) is 2.46. The number of benzene rings is 1. The molecule has 0 aliphatic carbocycles. The molecule has 0 amide bonds. The first-order valence-electron chi connectivity index (χ1n) is 5.72. The zero-order valence-corrected chi connectivity index (χ0v) is 9.57. The molecule has 3 heteroatoms. The molecule has 0 spiro atoms. The lowest BCUT2D eigenvalue weighted by Gasteiger charge is -2.16. The Balaban J connectivity index is 2.21. The average Bonchev–Trinajstić information content (AvgIpc) is 2.73. The molecule has 0 bridgehead atoms. The van der Waals surface area contributed by atoms with Gasteiger partial charge in [-0.2, -0.15) is 0 Å². The number of carboxylic acids is 1. The second-order valence-corrected chi connectivity index (χ2v) is 4.45. The van der Waals surface area contributed by atoms with Gasteiger partial charge in [0.25, 0.3) is 0 Å². The molecular weight excluding hydrogens is 202 g/mol. The minimum atomic E-state index is -0.821. The number of likely N-dealkylation sites (tertiary alicyclic amines) is 1. The van der Waals surface area contributed by atoms with E-state index < -0.39 is 5.97 Å². The van der Waals surface area contributed by atoms with Gasteiger partial charge in [0.05, 0.1) is 5.56 Å². The van der Waals surface area contributed by atoms with Crippen molar-refractivity contribution in [1.29, 1.82) is 0 Å². The number of aryl methyl sites for hydroxylation is 1. The molecule has 1 saturated heterocycles. The van der Waals surface area contributed by atoms with Crippen LogP contribution in [0.15, 0.2) is 18.2 Å². The zero-order chi connectivity index (χ0) is 11.5. The molecule has 0 atom stereocenters. The molecule has 1 N–H and O–H groups in total. The fraction of sp³-hybridized carbons (Fsp3) is 0.462. The summed E-state index contributed by atoms with van der Waals surface area (Å²) < 4.78 is 0. The van der Waals surface area contributed by atoms with E-state index in [2.05, 4.69) is 4.90 Å². The molecular formula is C13H17NO2. The van der Waals surface area contributed by atoms with Gasteiger partial charge in [0.2, 0.25) is 0 Å². The normalized spacial score (nSPS) is 16.6. The third kappa shape index (κ3) is 2.42. The molecule has 1 aliphatic rings. The Morgan fingerprint density at radius 3 is 2.69 bits per heavy atom. The van der Waals surface area contributed by atoms with E-state index in [0.29, 0.717) is 5.56 Å². The molecule has 0 radical (unpaired) electrons. The van der Waals surface area contributed by atoms with Crippen molar-refractivity contribution in [3.8, 4) is 0 Å². The highest BCUT2D eigenvalue weighted by Gasteiger charge is 2.16. The van der Waals surface area contributed by atoms with Crippen LogP contribution in [0.1, 0.15) is 34.3 Å². The van der Waals surface area contributed by atoms with Crippen molar-refractivity contribution < 1.29 is 9.90 Å². The molecule has 3 nitrogen and oxygen atoms in total. The summed E-state index contributed by atoms with van der Waals surface area (Å²) in [5, 5.41) is 9.15. The van der Waals surface area contributed by atoms with E-state index in [9.17, 15) is 4.79 Å². The maximum atomic E-state index is 11.1. The van der Waals surface area contributed by atoms with Gasteiger partial charge in [0, 0.05) is 6.54 Å². The van der Waals surface area contributed by atoms with Gasteiger partial charge in [-0.1, -0.05) is 17.7 Å². The van der Waals surface area contributed by atoms with Gasteiger partial charge in [0.15, 0.2) is 0 Å². The summed E-state index contributed by atoms with van der Waals surface area (Å²) in [5.74, 6) is -0.821. The molecule has 0 aromatic heterocycles. The molecule has 1 heterocycles. The molecule has 16 heavy (non-hydrogen) atoms. The lowest BCUT2D eigenvalue weighted by molar-refractivity contribution is 0.0694. The van der Waals surface area contributed by atoms with Crippen LogP contribution in [0.2, 0.25) is 0 Å². The molecule has 1 fully saturated rings. The predicted molar refractivity (Wildman–Crippen MR) is 62.6 cm³/mol. The van der Waals surface area contributed by atoms with Crippen LogP contribution in [0, 0.1) is 6.92 Å². The highest BCUT2D eigenvalue weighted by molar-refractivity contribution is 5.89. The van der Waals surface area contributed by atoms with Crippen molar-refractivity contribution >= 4 is 5.97 Å². The molecule has 1 aromatic carbocycles. The van der Waals surface area contributed by atoms with Crippen molar-refractivity contribution in [3.63, 3.8) is 0 Å². The summed E-state index contributed by atoms with van der Waals surface area (Å²) in [6, 6.07) is 5.68. The van der Waals surface area contributed by atoms with Crippen molar-refractivity contribution in [3.05, 3.63) is 34.9 Å². The molecule has 1 aromatic rings. The Hall–Kier alpha value is -1.35. The number of rotatable bonds is 3. The maximum absolute atomic E-state index is 11.1. The monoisotopic (exact) mass is 219 g/mol. The highest BCUT2D eigenvalue weighted by Crippen LogP contribution is 2.17. The summed E-state index contributed by atoms with van der Waals surface area (Å²) >= 11 is 0. The first kappa shape index (κ1) is 11.1. The van der Waals surface area contributed by atoms with E-state index in [-0.39, 0.29) is 0 Å². The van der Waals surface area contributed by atoms with E-state index in [4.69, 9.17) is 5.11 Å². The minimum Gasteiger partial charge on any atom is -0.478 e. The third-order valence-corrected chi connectivity index (χ3v) is 3.09. The molecule has 1 aliphatic heterocycles. The van der Waals surface area contributed by atoms with Gasteiger partial charge in [-0.25, -0.2) is 4.79 Å². The van der Waals surface area contributed by atoms with Gasteiger partial charge >= 0.3 is 5.97 Å². The number of hydrogen-bond donors (Lipinski definition) is 1. The van der Waals surface area contributed by atoms with Crippen LogP contribution in [-0.4, -0.2) is 29.1 Å². The first-order valence-corrected chi connectivity index (χ1v) is 5.72. The van der Waals surface area contributed by atoms with Crippen LogP contribution in [-0.2, 0) is 6.54 Å². The van der Waals surface area contributed by atoms with Crippen LogP contribution >= 0.6 is 0 Å². The van der Waals surface area contributed by atoms with Crippen LogP contribution in [0.25, 0.3) is 0 Å². The van der Waals surface area contributed by atoms with Gasteiger partial charge in [-0.05, 0) is 44.5 Å². The Kier molecular flexibility index (Phi) is 3.25. The maximum Gasteiger partial charge on any atom is 0.336 e. The smallest absolute Gasteiger partial charge is 0.336 e. The standard InChI is InChI=1S/C13H17NO2/c1-10-4-5-11(12(8-10)13(15)16)9-14-6-2-3-7-14/h4-5,8H,2-3,6-7,9H2,1H3,(H,15,16). The first-order chi connectivity index (χ1) is 7.66. The van der Waals surface area contributed by atoms with Crippen LogP contribution in [0.5, 0.6) is 0 Å². The SMILES string of the molecule is Cc1ccc(CN2CCCC2)c(C(=O)O)c1. The Morgan fingerprint density at radius 2 is 2.06 bits per heavy atom. The van der Waals surface area contributed by atoms with Gasteiger partial charge in [0.1, 0.15) is 0 Å². The quantitative estimate of drug-likeness (QED) is 0.848. The van der Waals surface area contributed by atoms with Gasteiger partial charge in [-0.15, -0.1) is 0 Å². The zero-order valence-electron chi connectivity index (χ0n) is 9.57. The van der Waals surface area contributed by atoms with Crippen LogP contribution < -0.4 is 0 Å². The minimum absolute atomic E-state index is 0.451. The fourth-order valence-electron chi connectivity index (χ4n) is 2.21. The topological polar surface area (TPSA) is 40.5 Å². The van der Waals surface area contributed by atoms with Crippen molar-refractivity contribution in [2.75, 3.05) is 13.1 Å². The summed E-state index contributed by atoms with van der Waals surface area (Å²) in [5.41, 5.74) is 2.38. The fourth-order valence-corrected chi connectivity index (χ4v) is 2.21. The Bertz CT molecular complexity index is 395. The van der Waals surface area contributed by atoms with Crippen LogP contribution in [0.4, 0.5) is 0 Å². The number of carbonyl (C=O) groups is 1. The molecule has 86 valence electrons. The second-order valence-electron chi connectivity index (χ2n) is 4.45. The van der Waals surface area contributed by atoms with Gasteiger partial charge < -0.3 is 5.11 Å². The lowest BCUT2D eigenvalue weighted by Crippen LogP contribution is -2.20. The van der Waals surface area contributed by atoms with E-state index in [0.717, 1.165) is 30.8 Å². The second kappa shape index (κ2) is 4.66. The summed E-state index contributed by atoms with van der Waals surface area (Å²) in [6.45, 7) is 4.87. The number of aromatic carboxylic acids is 1. The van der Waals surface area contributed by atoms with Gasteiger partial charge in [-0.3, -0.25) is 4.90 Å². The summed E-state index contributed by atoms with van der Waals surface area (Å²) in [4.78, 5) is 13.4. The molecule has 0 saturated carbocycles. The largest absolute Gasteiger partial charge is 0.478 e. The highest BCUT2D eigenvalue weighted by atomic mass is 16.4. The number of hydrogen-bond acceptors (Lipinski definition) is 2. The average molecular weight is 219 g/mol. The van der Waals surface area contributed by atoms with Crippen molar-refractivity contribution in [2.45, 2.75) is 26.3 Å². The predicted octanol–water partition coefficient (Wildman–Crippen LogP) is 2.29. The van der Waals surface area contributed by atoms with Crippen molar-refractivity contribution in [2.24, 2.45) is 0 Å². The van der Waals surface area contributed by atoms with Crippen molar-refractivity contribution in [1.82, 2.24) is 4.90 Å². The Labute approximate surface area is 95.7 Å². The Morgan fingerprint density at radius 1 is 1.38 bits per heavy atom. The molecule has 0 unspecified atom stereocenters. The van der Waals surface area contributed by atoms with E-state index in [1.54, 1.807) is 6.07 Å². The van der Waals surface area contributed by atoms with E-state index in [1.807, 2.05) is 19.1 Å². The van der Waals surface area contributed by atoms with Crippen LogP contribution in [0.3, 0.4) is 0 Å². The molecule has 2 rings (SSSR count). The lowest BCUT2D eigenvalue weighted by atomic mass is 10.0. The summed E-state index contributed by atoms with van der Waals surface area (Å²) in [7, 11) is 0.